The summed E-state index contributed by atoms with van der Waals surface area (Å²) in [5.74, 6) is -0.286. The second-order valence-corrected chi connectivity index (χ2v) is 3.79. The summed E-state index contributed by atoms with van der Waals surface area (Å²) in [5, 5.41) is 0.302. The number of halogens is 2. The van der Waals surface area contributed by atoms with Gasteiger partial charge in [-0.3, -0.25) is 4.57 Å². The minimum atomic E-state index is -0.286. The molecule has 0 saturated heterocycles. The predicted molar refractivity (Wildman–Crippen MR) is 61.6 cm³/mol. The van der Waals surface area contributed by atoms with Crippen molar-refractivity contribution < 1.29 is 4.39 Å². The van der Waals surface area contributed by atoms with Crippen LogP contribution in [-0.2, 0) is 0 Å². The molecule has 2 aromatic heterocycles. The molecule has 4 nitrogen and oxygen atoms in total. The molecule has 0 radical (unpaired) electrons. The molecular weight excluding hydrogens is 243 g/mol. The van der Waals surface area contributed by atoms with Gasteiger partial charge in [-0.25, -0.2) is 19.3 Å². The largest absolute Gasteiger partial charge is 0.283 e. The highest BCUT2D eigenvalue weighted by atomic mass is 35.5. The van der Waals surface area contributed by atoms with E-state index in [1.54, 1.807) is 23.0 Å². The van der Waals surface area contributed by atoms with Crippen molar-refractivity contribution >= 4 is 22.8 Å². The molecule has 0 unspecified atom stereocenters. The van der Waals surface area contributed by atoms with Crippen LogP contribution in [0.15, 0.2) is 36.9 Å². The highest BCUT2D eigenvalue weighted by molar-refractivity contribution is 6.33. The van der Waals surface area contributed by atoms with Crippen molar-refractivity contribution in [3.05, 3.63) is 47.9 Å². The van der Waals surface area contributed by atoms with E-state index in [2.05, 4.69) is 15.0 Å². The lowest BCUT2D eigenvalue weighted by molar-refractivity contribution is 0.627. The van der Waals surface area contributed by atoms with Gasteiger partial charge >= 0.3 is 0 Å². The molecule has 17 heavy (non-hydrogen) atoms. The zero-order chi connectivity index (χ0) is 11.8. The van der Waals surface area contributed by atoms with E-state index in [-0.39, 0.29) is 5.82 Å². The minimum Gasteiger partial charge on any atom is -0.283 e. The van der Waals surface area contributed by atoms with Crippen LogP contribution in [0.5, 0.6) is 0 Å². The van der Waals surface area contributed by atoms with Crippen LogP contribution in [0.3, 0.4) is 0 Å². The predicted octanol–water partition coefficient (Wildman–Crippen LogP) is 2.61. The highest BCUT2D eigenvalue weighted by Gasteiger charge is 2.09. The number of aromatic nitrogens is 4. The Bertz CT molecular complexity index is 678. The summed E-state index contributed by atoms with van der Waals surface area (Å²) in [5.41, 5.74) is 1.89. The SMILES string of the molecule is Fc1ccc(-n2cnc3c(Cl)ncnc32)cc1. The number of nitrogens with zero attached hydrogens (tertiary/aromatic N) is 4. The van der Waals surface area contributed by atoms with E-state index in [1.165, 1.54) is 18.5 Å². The summed E-state index contributed by atoms with van der Waals surface area (Å²) in [7, 11) is 0. The van der Waals surface area contributed by atoms with Crippen LogP contribution in [-0.4, -0.2) is 19.5 Å². The van der Waals surface area contributed by atoms with Gasteiger partial charge in [0.2, 0.25) is 0 Å². The normalized spacial score (nSPS) is 10.9. The molecule has 0 bridgehead atoms. The summed E-state index contributed by atoms with van der Waals surface area (Å²) in [4.78, 5) is 12.1. The fraction of sp³-hybridized carbons (Fsp3) is 0. The Morgan fingerprint density at radius 3 is 2.59 bits per heavy atom. The Hall–Kier alpha value is -2.01. The van der Waals surface area contributed by atoms with Crippen molar-refractivity contribution in [3.8, 4) is 5.69 Å². The molecule has 6 heteroatoms. The molecule has 1 aromatic carbocycles. The summed E-state index contributed by atoms with van der Waals surface area (Å²) in [6, 6.07) is 6.05. The zero-order valence-corrected chi connectivity index (χ0v) is 9.26. The number of hydrogen-bond acceptors (Lipinski definition) is 3. The molecule has 0 aliphatic carbocycles. The molecule has 3 aromatic rings. The minimum absolute atomic E-state index is 0.286. The quantitative estimate of drug-likeness (QED) is 0.622. The first kappa shape index (κ1) is 10.2. The highest BCUT2D eigenvalue weighted by Crippen LogP contribution is 2.20. The molecule has 0 N–H and O–H groups in total. The topological polar surface area (TPSA) is 43.6 Å². The summed E-state index contributed by atoms with van der Waals surface area (Å²) in [6.07, 6.45) is 2.95. The van der Waals surface area contributed by atoms with Gasteiger partial charge in [0.25, 0.3) is 0 Å². The second-order valence-electron chi connectivity index (χ2n) is 3.43. The second kappa shape index (κ2) is 3.78. The third-order valence-electron chi connectivity index (χ3n) is 2.39. The van der Waals surface area contributed by atoms with Gasteiger partial charge in [-0.05, 0) is 24.3 Å². The summed E-state index contributed by atoms with van der Waals surface area (Å²) < 4.78 is 14.6. The number of fused-ring (bicyclic) bond motifs is 1. The van der Waals surface area contributed by atoms with Gasteiger partial charge in [-0.1, -0.05) is 11.6 Å². The van der Waals surface area contributed by atoms with Crippen LogP contribution in [0, 0.1) is 5.82 Å². The van der Waals surface area contributed by atoms with Crippen molar-refractivity contribution in [1.82, 2.24) is 19.5 Å². The average molecular weight is 249 g/mol. The van der Waals surface area contributed by atoms with Crippen molar-refractivity contribution in [2.24, 2.45) is 0 Å². The van der Waals surface area contributed by atoms with E-state index < -0.39 is 0 Å². The third kappa shape index (κ3) is 1.64. The first-order valence-electron chi connectivity index (χ1n) is 4.85. The van der Waals surface area contributed by atoms with Gasteiger partial charge in [0, 0.05) is 5.69 Å². The van der Waals surface area contributed by atoms with Crippen LogP contribution in [0.25, 0.3) is 16.9 Å². The van der Waals surface area contributed by atoms with Crippen molar-refractivity contribution in [2.75, 3.05) is 0 Å². The molecule has 2 heterocycles. The third-order valence-corrected chi connectivity index (χ3v) is 2.67. The Morgan fingerprint density at radius 1 is 1.06 bits per heavy atom. The van der Waals surface area contributed by atoms with Gasteiger partial charge in [-0.2, -0.15) is 0 Å². The van der Waals surface area contributed by atoms with Gasteiger partial charge < -0.3 is 0 Å². The molecule has 0 atom stereocenters. The fourth-order valence-electron chi connectivity index (χ4n) is 1.60. The van der Waals surface area contributed by atoms with Gasteiger partial charge in [-0.15, -0.1) is 0 Å². The van der Waals surface area contributed by atoms with Gasteiger partial charge in [0.1, 0.15) is 24.0 Å². The molecule has 0 amide bonds. The fourth-order valence-corrected chi connectivity index (χ4v) is 1.77. The van der Waals surface area contributed by atoms with Crippen LogP contribution in [0.2, 0.25) is 5.15 Å². The molecule has 0 spiro atoms. The number of benzene rings is 1. The molecule has 3 rings (SSSR count). The van der Waals surface area contributed by atoms with Crippen molar-refractivity contribution in [3.63, 3.8) is 0 Å². The maximum atomic E-state index is 12.8. The van der Waals surface area contributed by atoms with E-state index in [1.807, 2.05) is 0 Å². The monoisotopic (exact) mass is 248 g/mol. The molecular formula is C11H6ClFN4. The summed E-state index contributed by atoms with van der Waals surface area (Å²) >= 11 is 5.90. The Kier molecular flexibility index (Phi) is 2.26. The number of hydrogen-bond donors (Lipinski definition) is 0. The van der Waals surface area contributed by atoms with Crippen LogP contribution in [0.1, 0.15) is 0 Å². The first-order chi connectivity index (χ1) is 8.25. The van der Waals surface area contributed by atoms with E-state index in [4.69, 9.17) is 11.6 Å². The van der Waals surface area contributed by atoms with Crippen LogP contribution in [0.4, 0.5) is 4.39 Å². The van der Waals surface area contributed by atoms with Crippen molar-refractivity contribution in [2.45, 2.75) is 0 Å². The lowest BCUT2D eigenvalue weighted by Gasteiger charge is -2.02. The van der Waals surface area contributed by atoms with E-state index in [0.29, 0.717) is 16.3 Å². The zero-order valence-electron chi connectivity index (χ0n) is 8.51. The van der Waals surface area contributed by atoms with Gasteiger partial charge in [0.05, 0.1) is 0 Å². The average Bonchev–Trinajstić information content (AvgIpc) is 2.75. The van der Waals surface area contributed by atoms with Crippen molar-refractivity contribution in [1.29, 1.82) is 0 Å². The smallest absolute Gasteiger partial charge is 0.169 e. The maximum absolute atomic E-state index is 12.8. The Labute approximate surface area is 101 Å². The van der Waals surface area contributed by atoms with Crippen LogP contribution >= 0.6 is 11.6 Å². The maximum Gasteiger partial charge on any atom is 0.169 e. The van der Waals surface area contributed by atoms with E-state index >= 15 is 0 Å². The molecule has 0 aliphatic heterocycles. The molecule has 0 saturated carbocycles. The van der Waals surface area contributed by atoms with Gasteiger partial charge in [0.15, 0.2) is 10.8 Å². The van der Waals surface area contributed by atoms with E-state index in [9.17, 15) is 4.39 Å². The lowest BCUT2D eigenvalue weighted by atomic mass is 10.3. The Balaban J connectivity index is 2.24. The standard InChI is InChI=1S/C11H6ClFN4/c12-10-9-11(15-5-14-10)17(6-16-9)8-3-1-7(13)2-4-8/h1-6H. The first-order valence-corrected chi connectivity index (χ1v) is 5.23. The molecule has 0 aliphatic rings. The number of imidazole rings is 1. The summed E-state index contributed by atoms with van der Waals surface area (Å²) in [6.45, 7) is 0. The van der Waals surface area contributed by atoms with Crippen LogP contribution < -0.4 is 0 Å². The number of rotatable bonds is 1. The van der Waals surface area contributed by atoms with E-state index in [0.717, 1.165) is 5.69 Å². The molecule has 84 valence electrons. The Morgan fingerprint density at radius 2 is 1.82 bits per heavy atom. The lowest BCUT2D eigenvalue weighted by Crippen LogP contribution is -1.94. The molecule has 0 fully saturated rings.